The molecule has 1 aromatic heterocycles. The van der Waals surface area contributed by atoms with E-state index in [2.05, 4.69) is 4.98 Å². The van der Waals surface area contributed by atoms with Crippen molar-refractivity contribution in [1.82, 2.24) is 9.55 Å². The quantitative estimate of drug-likeness (QED) is 0.474. The molecule has 1 aromatic carbocycles. The lowest BCUT2D eigenvalue weighted by Crippen LogP contribution is -2.38. The van der Waals surface area contributed by atoms with Crippen LogP contribution in [-0.2, 0) is 28.5 Å². The molecule has 2 unspecified atom stereocenters. The Kier molecular flexibility index (Phi) is 8.37. The number of ketones is 1. The highest BCUT2D eigenvalue weighted by molar-refractivity contribution is 6.31. The molecule has 0 bridgehead atoms. The molecule has 2 aromatic rings. The smallest absolute Gasteiger partial charge is 0.330 e. The molecule has 0 saturated carbocycles. The molecule has 2 N–H and O–H groups in total. The van der Waals surface area contributed by atoms with E-state index in [4.69, 9.17) is 30.5 Å². The predicted molar refractivity (Wildman–Crippen MR) is 124 cm³/mol. The fourth-order valence-corrected chi connectivity index (χ4v) is 4.34. The van der Waals surface area contributed by atoms with Crippen molar-refractivity contribution in [3.8, 4) is 0 Å². The summed E-state index contributed by atoms with van der Waals surface area (Å²) < 4.78 is 24.3. The van der Waals surface area contributed by atoms with Gasteiger partial charge in [-0.25, -0.2) is 4.79 Å². The highest BCUT2D eigenvalue weighted by atomic mass is 35.5. The van der Waals surface area contributed by atoms with Gasteiger partial charge in [0, 0.05) is 42.3 Å². The first kappa shape index (κ1) is 26.2. The van der Waals surface area contributed by atoms with E-state index in [0.717, 1.165) is 17.1 Å². The second kappa shape index (κ2) is 11.5. The number of Topliss-reactive ketones (excluding diaryl/α,β-unsaturated/α-hetero) is 1. The van der Waals surface area contributed by atoms with E-state index >= 15 is 0 Å². The third-order valence-electron chi connectivity index (χ3n) is 5.87. The van der Waals surface area contributed by atoms with Crippen molar-refractivity contribution in [1.29, 1.82) is 0 Å². The summed E-state index contributed by atoms with van der Waals surface area (Å²) in [6, 6.07) is 7.69. The molecule has 3 heterocycles. The van der Waals surface area contributed by atoms with Crippen LogP contribution >= 0.6 is 11.6 Å². The van der Waals surface area contributed by atoms with Crippen LogP contribution in [0.4, 0.5) is 0 Å². The number of nitrogens with zero attached hydrogens (tertiary/aromatic N) is 1. The highest BCUT2D eigenvalue weighted by Gasteiger charge is 2.53. The molecule has 1 radical (unpaired) electrons. The Morgan fingerprint density at radius 1 is 1.25 bits per heavy atom. The molecule has 0 aliphatic carbocycles. The van der Waals surface area contributed by atoms with Crippen LogP contribution < -0.4 is 11.2 Å². The third kappa shape index (κ3) is 5.93. The van der Waals surface area contributed by atoms with Crippen LogP contribution in [0.1, 0.15) is 50.5 Å². The number of aliphatic hydroxyl groups is 1. The van der Waals surface area contributed by atoms with E-state index < -0.39 is 48.0 Å². The van der Waals surface area contributed by atoms with E-state index in [9.17, 15) is 24.3 Å². The van der Waals surface area contributed by atoms with E-state index in [1.807, 2.05) is 0 Å². The SMILES string of the molecule is CC(=O)CCC(=O)OC(c1ccccc1Cl)[C@H]1O[C@@H](n2ccc(=O)[nH]c2=O)[C@H](OC2CCCO2)[C]1O. The maximum atomic E-state index is 12.6. The number of aliphatic hydroxyl groups excluding tert-OH is 1. The van der Waals surface area contributed by atoms with Crippen LogP contribution in [0.3, 0.4) is 0 Å². The maximum absolute atomic E-state index is 12.6. The Bertz CT molecular complexity index is 1210. The number of halogens is 1. The van der Waals surface area contributed by atoms with Crippen molar-refractivity contribution in [3.63, 3.8) is 0 Å². The number of benzene rings is 1. The lowest BCUT2D eigenvalue weighted by Gasteiger charge is -2.27. The third-order valence-corrected chi connectivity index (χ3v) is 6.21. The Labute approximate surface area is 210 Å². The van der Waals surface area contributed by atoms with Gasteiger partial charge in [-0.05, 0) is 19.4 Å². The summed E-state index contributed by atoms with van der Waals surface area (Å²) in [7, 11) is 0. The molecule has 5 atom stereocenters. The summed E-state index contributed by atoms with van der Waals surface area (Å²) in [5, 5.41) is 11.5. The van der Waals surface area contributed by atoms with Gasteiger partial charge in [-0.3, -0.25) is 19.1 Å². The summed E-state index contributed by atoms with van der Waals surface area (Å²) in [5.74, 6) is -0.886. The van der Waals surface area contributed by atoms with Gasteiger partial charge < -0.3 is 28.8 Å². The predicted octanol–water partition coefficient (Wildman–Crippen LogP) is 2.17. The molecule has 36 heavy (non-hydrogen) atoms. The fourth-order valence-electron chi connectivity index (χ4n) is 4.09. The molecular formula is C24H26ClN2O9. The molecule has 0 spiro atoms. The topological polar surface area (TPSA) is 146 Å². The number of aromatic amines is 1. The number of hydrogen-bond acceptors (Lipinski definition) is 9. The fraction of sp³-hybridized carbons (Fsp3) is 0.458. The maximum Gasteiger partial charge on any atom is 0.330 e. The Morgan fingerprint density at radius 3 is 2.69 bits per heavy atom. The standard InChI is InChI=1S/C24H26ClN2O9/c1-13(28)8-9-17(30)34-20(14-5-2-3-6-15(14)25)21-19(31)22(35-18-7-4-12-33-18)23(36-21)27-11-10-16(29)26-24(27)32/h2-3,5-6,10-11,18,20-23,31H,4,7-9,12H2,1H3,(H,26,29,32)/t18?,20?,21-,22+,23+/m0/s1. The van der Waals surface area contributed by atoms with Crippen molar-refractivity contribution in [2.75, 3.05) is 6.61 Å². The van der Waals surface area contributed by atoms with Crippen LogP contribution in [0.2, 0.25) is 5.02 Å². The van der Waals surface area contributed by atoms with Crippen molar-refractivity contribution < 1.29 is 33.6 Å². The molecular weight excluding hydrogens is 496 g/mol. The number of aromatic nitrogens is 2. The number of rotatable bonds is 9. The average molecular weight is 522 g/mol. The van der Waals surface area contributed by atoms with E-state index in [1.54, 1.807) is 24.3 Å². The van der Waals surface area contributed by atoms with Crippen LogP contribution in [0, 0.1) is 6.10 Å². The van der Waals surface area contributed by atoms with E-state index in [1.165, 1.54) is 13.1 Å². The average Bonchev–Trinajstić information content (AvgIpc) is 3.46. The summed E-state index contributed by atoms with van der Waals surface area (Å²) in [6.45, 7) is 1.83. The normalized spacial score (nSPS) is 25.1. The minimum absolute atomic E-state index is 0.0184. The summed E-state index contributed by atoms with van der Waals surface area (Å²) in [6.07, 6.45) is -3.59. The van der Waals surface area contributed by atoms with Gasteiger partial charge in [0.2, 0.25) is 0 Å². The number of carbonyl (C=O) groups excluding carboxylic acids is 2. The number of ether oxygens (including phenoxy) is 4. The van der Waals surface area contributed by atoms with Gasteiger partial charge in [-0.1, -0.05) is 29.8 Å². The van der Waals surface area contributed by atoms with Gasteiger partial charge in [0.25, 0.3) is 5.56 Å². The molecule has 11 nitrogen and oxygen atoms in total. The molecule has 2 fully saturated rings. The molecule has 2 saturated heterocycles. The number of carbonyl (C=O) groups is 2. The Balaban J connectivity index is 1.69. The minimum atomic E-state index is -1.29. The van der Waals surface area contributed by atoms with Gasteiger partial charge in [-0.15, -0.1) is 0 Å². The van der Waals surface area contributed by atoms with Crippen LogP contribution in [-0.4, -0.2) is 51.5 Å². The van der Waals surface area contributed by atoms with Gasteiger partial charge in [0.15, 0.2) is 24.7 Å². The second-order valence-corrected chi connectivity index (χ2v) is 8.93. The largest absolute Gasteiger partial charge is 0.454 e. The zero-order valence-electron chi connectivity index (χ0n) is 19.4. The Hall–Kier alpha value is -2.83. The van der Waals surface area contributed by atoms with Gasteiger partial charge in [-0.2, -0.15) is 0 Å². The highest BCUT2D eigenvalue weighted by Crippen LogP contribution is 2.44. The minimum Gasteiger partial charge on any atom is -0.454 e. The molecule has 193 valence electrons. The first-order valence-electron chi connectivity index (χ1n) is 11.5. The summed E-state index contributed by atoms with van der Waals surface area (Å²) >= 11 is 6.39. The zero-order chi connectivity index (χ0) is 25.8. The second-order valence-electron chi connectivity index (χ2n) is 8.52. The number of esters is 1. The number of hydrogen-bond donors (Lipinski definition) is 2. The van der Waals surface area contributed by atoms with Crippen LogP contribution in [0.25, 0.3) is 0 Å². The lowest BCUT2D eigenvalue weighted by molar-refractivity contribution is -0.175. The molecule has 4 rings (SSSR count). The lowest BCUT2D eigenvalue weighted by atomic mass is 9.98. The van der Waals surface area contributed by atoms with Gasteiger partial charge in [0.05, 0.1) is 6.42 Å². The van der Waals surface area contributed by atoms with E-state index in [-0.39, 0.29) is 29.8 Å². The zero-order valence-corrected chi connectivity index (χ0v) is 20.2. The molecule has 12 heteroatoms. The molecule has 2 aliphatic heterocycles. The van der Waals surface area contributed by atoms with Crippen LogP contribution in [0.15, 0.2) is 46.1 Å². The Morgan fingerprint density at radius 2 is 2.03 bits per heavy atom. The van der Waals surface area contributed by atoms with Crippen molar-refractivity contribution >= 4 is 23.4 Å². The number of nitrogens with one attached hydrogen (secondary N) is 1. The van der Waals surface area contributed by atoms with Crippen molar-refractivity contribution in [3.05, 3.63) is 74.1 Å². The first-order valence-corrected chi connectivity index (χ1v) is 11.9. The first-order chi connectivity index (χ1) is 17.2. The summed E-state index contributed by atoms with van der Waals surface area (Å²) in [4.78, 5) is 50.2. The van der Waals surface area contributed by atoms with Crippen molar-refractivity contribution in [2.45, 2.75) is 63.4 Å². The van der Waals surface area contributed by atoms with Gasteiger partial charge >= 0.3 is 11.7 Å². The number of H-pyrrole nitrogens is 1. The molecule has 2 aliphatic rings. The van der Waals surface area contributed by atoms with Crippen molar-refractivity contribution in [2.24, 2.45) is 0 Å². The van der Waals surface area contributed by atoms with E-state index in [0.29, 0.717) is 18.6 Å². The van der Waals surface area contributed by atoms with Crippen LogP contribution in [0.5, 0.6) is 0 Å². The summed E-state index contributed by atoms with van der Waals surface area (Å²) in [5.41, 5.74) is -1.05. The molecule has 0 amide bonds. The monoisotopic (exact) mass is 521 g/mol. The van der Waals surface area contributed by atoms with Gasteiger partial charge in [0.1, 0.15) is 18.0 Å².